The highest BCUT2D eigenvalue weighted by Crippen LogP contribution is 2.31. The van der Waals surface area contributed by atoms with E-state index in [1.54, 1.807) is 17.0 Å². The maximum Gasteiger partial charge on any atom is 0.223 e. The van der Waals surface area contributed by atoms with Crippen LogP contribution in [0.2, 0.25) is 5.02 Å². The zero-order valence-corrected chi connectivity index (χ0v) is 16.0. The second-order valence-electron chi connectivity index (χ2n) is 6.80. The van der Waals surface area contributed by atoms with Crippen molar-refractivity contribution in [2.24, 2.45) is 0 Å². The maximum absolute atomic E-state index is 12.6. The van der Waals surface area contributed by atoms with Crippen molar-refractivity contribution in [3.8, 4) is 11.3 Å². The van der Waals surface area contributed by atoms with Crippen molar-refractivity contribution in [2.45, 2.75) is 25.8 Å². The lowest BCUT2D eigenvalue weighted by Crippen LogP contribution is -2.36. The number of Topliss-reactive ketones (excluding diaryl/α,β-unsaturated/α-hetero) is 1. The first-order valence-electron chi connectivity index (χ1n) is 9.21. The summed E-state index contributed by atoms with van der Waals surface area (Å²) in [6, 6.07) is 16.5. The van der Waals surface area contributed by atoms with E-state index < -0.39 is 0 Å². The SMILES string of the molecule is O=C(CCC(=O)N1CCc2c(noc2-c2ccc(Cl)cc2)C1)c1ccccc1. The molecule has 1 aliphatic heterocycles. The number of carbonyl (C=O) groups is 2. The molecule has 2 heterocycles. The Balaban J connectivity index is 1.39. The Morgan fingerprint density at radius 3 is 2.54 bits per heavy atom. The Bertz CT molecular complexity index is 996. The number of fused-ring (bicyclic) bond motifs is 1. The van der Waals surface area contributed by atoms with Crippen LogP contribution in [0, 0.1) is 0 Å². The minimum Gasteiger partial charge on any atom is -0.356 e. The molecule has 5 nitrogen and oxygen atoms in total. The molecule has 0 unspecified atom stereocenters. The van der Waals surface area contributed by atoms with Gasteiger partial charge in [-0.3, -0.25) is 9.59 Å². The van der Waals surface area contributed by atoms with Crippen molar-refractivity contribution in [1.29, 1.82) is 0 Å². The molecule has 6 heteroatoms. The zero-order valence-electron chi connectivity index (χ0n) is 15.2. The highest BCUT2D eigenvalue weighted by atomic mass is 35.5. The Labute approximate surface area is 167 Å². The van der Waals surface area contributed by atoms with Crippen LogP contribution in [0.25, 0.3) is 11.3 Å². The van der Waals surface area contributed by atoms with Gasteiger partial charge in [0.2, 0.25) is 5.91 Å². The van der Waals surface area contributed by atoms with Crippen LogP contribution in [-0.4, -0.2) is 28.3 Å². The molecule has 4 rings (SSSR count). The number of aromatic nitrogens is 1. The molecule has 2 aromatic carbocycles. The molecular weight excluding hydrogens is 376 g/mol. The summed E-state index contributed by atoms with van der Waals surface area (Å²) in [4.78, 5) is 26.5. The summed E-state index contributed by atoms with van der Waals surface area (Å²) in [6.07, 6.45) is 1.08. The summed E-state index contributed by atoms with van der Waals surface area (Å²) < 4.78 is 5.54. The fraction of sp³-hybridized carbons (Fsp3) is 0.227. The lowest BCUT2D eigenvalue weighted by molar-refractivity contribution is -0.132. The third kappa shape index (κ3) is 3.85. The van der Waals surface area contributed by atoms with Gasteiger partial charge in [0.05, 0.1) is 6.54 Å². The highest BCUT2D eigenvalue weighted by molar-refractivity contribution is 6.30. The number of ketones is 1. The van der Waals surface area contributed by atoms with Gasteiger partial charge >= 0.3 is 0 Å². The van der Waals surface area contributed by atoms with E-state index in [9.17, 15) is 9.59 Å². The summed E-state index contributed by atoms with van der Waals surface area (Å²) >= 11 is 5.95. The molecule has 0 atom stereocenters. The largest absolute Gasteiger partial charge is 0.356 e. The standard InChI is InChI=1S/C22H19ClN2O3/c23-17-8-6-16(7-9-17)22-18-12-13-25(14-19(18)24-28-22)21(27)11-10-20(26)15-4-2-1-3-5-15/h1-9H,10-14H2. The van der Waals surface area contributed by atoms with Crippen molar-refractivity contribution in [3.05, 3.63) is 76.4 Å². The monoisotopic (exact) mass is 394 g/mol. The van der Waals surface area contributed by atoms with E-state index in [-0.39, 0.29) is 24.5 Å². The van der Waals surface area contributed by atoms with Crippen molar-refractivity contribution in [2.75, 3.05) is 6.54 Å². The Morgan fingerprint density at radius 2 is 1.79 bits per heavy atom. The number of benzene rings is 2. The third-order valence-corrected chi connectivity index (χ3v) is 5.21. The van der Waals surface area contributed by atoms with E-state index >= 15 is 0 Å². The fourth-order valence-electron chi connectivity index (χ4n) is 3.42. The second-order valence-corrected chi connectivity index (χ2v) is 7.23. The Kier molecular flexibility index (Phi) is 5.26. The van der Waals surface area contributed by atoms with E-state index in [0.717, 1.165) is 22.6 Å². The number of halogens is 1. The van der Waals surface area contributed by atoms with Crippen LogP contribution < -0.4 is 0 Å². The molecule has 1 aromatic heterocycles. The van der Waals surface area contributed by atoms with Crippen molar-refractivity contribution in [1.82, 2.24) is 10.1 Å². The zero-order chi connectivity index (χ0) is 19.5. The van der Waals surface area contributed by atoms with E-state index in [1.807, 2.05) is 42.5 Å². The molecule has 0 N–H and O–H groups in total. The summed E-state index contributed by atoms with van der Waals surface area (Å²) in [6.45, 7) is 0.998. The summed E-state index contributed by atoms with van der Waals surface area (Å²) in [7, 11) is 0. The molecule has 0 saturated carbocycles. The third-order valence-electron chi connectivity index (χ3n) is 4.96. The maximum atomic E-state index is 12.6. The molecule has 28 heavy (non-hydrogen) atoms. The highest BCUT2D eigenvalue weighted by Gasteiger charge is 2.27. The quantitative estimate of drug-likeness (QED) is 0.596. The summed E-state index contributed by atoms with van der Waals surface area (Å²) in [5.74, 6) is 0.683. The van der Waals surface area contributed by atoms with E-state index in [0.29, 0.717) is 30.1 Å². The predicted molar refractivity (Wildman–Crippen MR) is 106 cm³/mol. The van der Waals surface area contributed by atoms with Crippen molar-refractivity contribution >= 4 is 23.3 Å². The van der Waals surface area contributed by atoms with Crippen LogP contribution in [0.4, 0.5) is 0 Å². The molecule has 3 aromatic rings. The van der Waals surface area contributed by atoms with Crippen molar-refractivity contribution < 1.29 is 14.1 Å². The average molecular weight is 395 g/mol. The lowest BCUT2D eigenvalue weighted by Gasteiger charge is -2.26. The molecule has 0 saturated heterocycles. The first-order valence-corrected chi connectivity index (χ1v) is 9.59. The molecule has 0 aliphatic carbocycles. The number of amides is 1. The predicted octanol–water partition coefficient (Wildman–Crippen LogP) is 4.54. The van der Waals surface area contributed by atoms with Gasteiger partial charge < -0.3 is 9.42 Å². The normalized spacial score (nSPS) is 13.2. The Morgan fingerprint density at radius 1 is 1.04 bits per heavy atom. The van der Waals surface area contributed by atoms with Gasteiger partial charge in [0.1, 0.15) is 5.69 Å². The van der Waals surface area contributed by atoms with Crippen LogP contribution >= 0.6 is 11.6 Å². The first-order chi connectivity index (χ1) is 13.6. The number of hydrogen-bond donors (Lipinski definition) is 0. The van der Waals surface area contributed by atoms with Crippen LogP contribution in [0.1, 0.15) is 34.5 Å². The van der Waals surface area contributed by atoms with Crippen LogP contribution in [0.3, 0.4) is 0 Å². The van der Waals surface area contributed by atoms with Gasteiger partial charge in [-0.2, -0.15) is 0 Å². The van der Waals surface area contributed by atoms with Crippen molar-refractivity contribution in [3.63, 3.8) is 0 Å². The second kappa shape index (κ2) is 7.98. The molecule has 0 spiro atoms. The molecule has 1 aliphatic rings. The van der Waals surface area contributed by atoms with Crippen LogP contribution in [-0.2, 0) is 17.8 Å². The number of carbonyl (C=O) groups excluding carboxylic acids is 2. The van der Waals surface area contributed by atoms with Gasteiger partial charge in [0, 0.05) is 41.1 Å². The van der Waals surface area contributed by atoms with Gasteiger partial charge in [0.15, 0.2) is 11.5 Å². The van der Waals surface area contributed by atoms with E-state index in [1.165, 1.54) is 0 Å². The summed E-state index contributed by atoms with van der Waals surface area (Å²) in [5, 5.41) is 4.83. The minimum absolute atomic E-state index is 0.0156. The number of hydrogen-bond acceptors (Lipinski definition) is 4. The van der Waals surface area contributed by atoms with Gasteiger partial charge in [-0.15, -0.1) is 0 Å². The smallest absolute Gasteiger partial charge is 0.223 e. The number of nitrogens with zero attached hydrogens (tertiary/aromatic N) is 2. The average Bonchev–Trinajstić information content (AvgIpc) is 3.16. The van der Waals surface area contributed by atoms with Crippen LogP contribution in [0.15, 0.2) is 59.1 Å². The topological polar surface area (TPSA) is 63.4 Å². The lowest BCUT2D eigenvalue weighted by atomic mass is 10.00. The van der Waals surface area contributed by atoms with E-state index in [4.69, 9.17) is 16.1 Å². The molecule has 0 radical (unpaired) electrons. The summed E-state index contributed by atoms with van der Waals surface area (Å²) in [5.41, 5.74) is 3.37. The van der Waals surface area contributed by atoms with Crippen LogP contribution in [0.5, 0.6) is 0 Å². The van der Waals surface area contributed by atoms with E-state index in [2.05, 4.69) is 5.16 Å². The minimum atomic E-state index is -0.0361. The Hall–Kier alpha value is -2.92. The van der Waals surface area contributed by atoms with Gasteiger partial charge in [-0.25, -0.2) is 0 Å². The first kappa shape index (κ1) is 18.4. The molecule has 142 valence electrons. The molecule has 0 fully saturated rings. The van der Waals surface area contributed by atoms with Gasteiger partial charge in [-0.1, -0.05) is 47.1 Å². The molecular formula is C22H19ClN2O3. The van der Waals surface area contributed by atoms with Gasteiger partial charge in [0.25, 0.3) is 0 Å². The molecule has 0 bridgehead atoms. The number of rotatable bonds is 5. The van der Waals surface area contributed by atoms with Gasteiger partial charge in [-0.05, 0) is 30.7 Å². The fourth-order valence-corrected chi connectivity index (χ4v) is 3.54. The molecule has 1 amide bonds.